The zero-order valence-corrected chi connectivity index (χ0v) is 15.1. The molecular formula is C18H28BrNO. The highest BCUT2D eigenvalue weighted by atomic mass is 79.9. The number of ether oxygens (including phenoxy) is 1. The van der Waals surface area contributed by atoms with Gasteiger partial charge in [-0.15, -0.1) is 0 Å². The number of benzene rings is 1. The lowest BCUT2D eigenvalue weighted by molar-refractivity contribution is -0.0156. The van der Waals surface area contributed by atoms with Crippen molar-refractivity contribution in [3.63, 3.8) is 0 Å². The SMILES string of the molecule is CC(C)NCc1ccc(COC2CCCCC2C)c(Br)c1. The predicted octanol–water partition coefficient (Wildman–Crippen LogP) is 5.04. The van der Waals surface area contributed by atoms with Gasteiger partial charge in [-0.1, -0.05) is 61.7 Å². The summed E-state index contributed by atoms with van der Waals surface area (Å²) < 4.78 is 7.32. The topological polar surface area (TPSA) is 21.3 Å². The summed E-state index contributed by atoms with van der Waals surface area (Å²) in [6.45, 7) is 8.29. The van der Waals surface area contributed by atoms with E-state index in [-0.39, 0.29) is 0 Å². The van der Waals surface area contributed by atoms with Crippen LogP contribution in [0.4, 0.5) is 0 Å². The Balaban J connectivity index is 1.88. The van der Waals surface area contributed by atoms with Crippen molar-refractivity contribution in [2.24, 2.45) is 5.92 Å². The molecule has 1 aliphatic rings. The van der Waals surface area contributed by atoms with Crippen LogP contribution in [0.25, 0.3) is 0 Å². The molecule has 3 heteroatoms. The van der Waals surface area contributed by atoms with Gasteiger partial charge in [0.2, 0.25) is 0 Å². The second kappa shape index (κ2) is 8.30. The van der Waals surface area contributed by atoms with Crippen LogP contribution in [-0.4, -0.2) is 12.1 Å². The van der Waals surface area contributed by atoms with Crippen molar-refractivity contribution in [1.29, 1.82) is 0 Å². The van der Waals surface area contributed by atoms with Gasteiger partial charge in [0.05, 0.1) is 12.7 Å². The van der Waals surface area contributed by atoms with E-state index in [1.165, 1.54) is 36.8 Å². The van der Waals surface area contributed by atoms with Gasteiger partial charge in [0.15, 0.2) is 0 Å². The van der Waals surface area contributed by atoms with Crippen LogP contribution >= 0.6 is 15.9 Å². The molecule has 0 heterocycles. The van der Waals surface area contributed by atoms with Crippen molar-refractivity contribution in [1.82, 2.24) is 5.32 Å². The molecule has 0 saturated heterocycles. The largest absolute Gasteiger partial charge is 0.373 e. The molecular weight excluding hydrogens is 326 g/mol. The fourth-order valence-electron chi connectivity index (χ4n) is 2.87. The Morgan fingerprint density at radius 2 is 2.05 bits per heavy atom. The molecule has 1 aromatic carbocycles. The lowest BCUT2D eigenvalue weighted by Crippen LogP contribution is -2.25. The van der Waals surface area contributed by atoms with E-state index in [0.717, 1.165) is 11.0 Å². The Labute approximate surface area is 137 Å². The second-order valence-electron chi connectivity index (χ2n) is 6.57. The molecule has 1 fully saturated rings. The highest BCUT2D eigenvalue weighted by molar-refractivity contribution is 9.10. The van der Waals surface area contributed by atoms with E-state index >= 15 is 0 Å². The molecule has 0 amide bonds. The zero-order valence-electron chi connectivity index (χ0n) is 13.5. The third kappa shape index (κ3) is 5.39. The van der Waals surface area contributed by atoms with Crippen molar-refractivity contribution in [2.75, 3.05) is 0 Å². The summed E-state index contributed by atoms with van der Waals surface area (Å²) in [5.74, 6) is 0.701. The maximum Gasteiger partial charge on any atom is 0.0731 e. The first-order chi connectivity index (χ1) is 10.1. The molecule has 118 valence electrons. The van der Waals surface area contributed by atoms with Gasteiger partial charge < -0.3 is 10.1 Å². The summed E-state index contributed by atoms with van der Waals surface area (Å²) in [5.41, 5.74) is 2.56. The molecule has 1 saturated carbocycles. The van der Waals surface area contributed by atoms with E-state index in [4.69, 9.17) is 4.74 Å². The molecule has 0 spiro atoms. The molecule has 2 unspecified atom stereocenters. The predicted molar refractivity (Wildman–Crippen MR) is 92.3 cm³/mol. The molecule has 1 aliphatic carbocycles. The number of hydrogen-bond donors (Lipinski definition) is 1. The Morgan fingerprint density at radius 3 is 2.71 bits per heavy atom. The molecule has 0 aromatic heterocycles. The van der Waals surface area contributed by atoms with Crippen LogP contribution in [0, 0.1) is 5.92 Å². The van der Waals surface area contributed by atoms with Crippen LogP contribution in [0.15, 0.2) is 22.7 Å². The third-order valence-electron chi connectivity index (χ3n) is 4.32. The molecule has 2 nitrogen and oxygen atoms in total. The molecule has 2 rings (SSSR count). The van der Waals surface area contributed by atoms with Gasteiger partial charge in [-0.3, -0.25) is 0 Å². The Morgan fingerprint density at radius 1 is 1.29 bits per heavy atom. The van der Waals surface area contributed by atoms with Gasteiger partial charge in [0, 0.05) is 17.1 Å². The lowest BCUT2D eigenvalue weighted by Gasteiger charge is -2.29. The summed E-state index contributed by atoms with van der Waals surface area (Å²) in [5, 5.41) is 3.45. The highest BCUT2D eigenvalue weighted by Gasteiger charge is 2.21. The van der Waals surface area contributed by atoms with Crippen LogP contribution in [0.5, 0.6) is 0 Å². The summed E-state index contributed by atoms with van der Waals surface area (Å²) in [6, 6.07) is 7.11. The van der Waals surface area contributed by atoms with Gasteiger partial charge in [-0.25, -0.2) is 0 Å². The Hall–Kier alpha value is -0.380. The molecule has 1 N–H and O–H groups in total. The molecule has 21 heavy (non-hydrogen) atoms. The molecule has 0 radical (unpaired) electrons. The smallest absolute Gasteiger partial charge is 0.0731 e. The van der Waals surface area contributed by atoms with E-state index in [9.17, 15) is 0 Å². The number of nitrogens with one attached hydrogen (secondary N) is 1. The molecule has 1 aromatic rings. The minimum atomic E-state index is 0.438. The monoisotopic (exact) mass is 353 g/mol. The normalized spacial score (nSPS) is 22.7. The van der Waals surface area contributed by atoms with E-state index in [2.05, 4.69) is 60.2 Å². The summed E-state index contributed by atoms with van der Waals surface area (Å²) in [6.07, 6.45) is 5.65. The fraction of sp³-hybridized carbons (Fsp3) is 0.667. The van der Waals surface area contributed by atoms with Crippen LogP contribution in [0.1, 0.15) is 57.6 Å². The fourth-order valence-corrected chi connectivity index (χ4v) is 3.41. The zero-order chi connectivity index (χ0) is 15.2. The van der Waals surface area contributed by atoms with Crippen LogP contribution in [-0.2, 0) is 17.9 Å². The van der Waals surface area contributed by atoms with Crippen molar-refractivity contribution < 1.29 is 4.74 Å². The maximum absolute atomic E-state index is 6.15. The summed E-state index contributed by atoms with van der Waals surface area (Å²) in [4.78, 5) is 0. The molecule has 0 aliphatic heterocycles. The van der Waals surface area contributed by atoms with Gasteiger partial charge in [0.1, 0.15) is 0 Å². The quantitative estimate of drug-likeness (QED) is 0.773. The molecule has 2 atom stereocenters. The highest BCUT2D eigenvalue weighted by Crippen LogP contribution is 2.28. The van der Waals surface area contributed by atoms with Gasteiger partial charge in [-0.05, 0) is 36.0 Å². The summed E-state index contributed by atoms with van der Waals surface area (Å²) >= 11 is 3.69. The third-order valence-corrected chi connectivity index (χ3v) is 5.06. The number of rotatable bonds is 6. The second-order valence-corrected chi connectivity index (χ2v) is 7.43. The first kappa shape index (κ1) is 17.0. The van der Waals surface area contributed by atoms with Gasteiger partial charge >= 0.3 is 0 Å². The van der Waals surface area contributed by atoms with Crippen molar-refractivity contribution in [2.45, 2.75) is 71.8 Å². The first-order valence-electron chi connectivity index (χ1n) is 8.18. The standard InChI is InChI=1S/C18H28BrNO/c1-13(2)20-11-15-8-9-16(17(19)10-15)12-21-18-7-5-4-6-14(18)3/h8-10,13-14,18,20H,4-7,11-12H2,1-3H3. The van der Waals surface area contributed by atoms with E-state index < -0.39 is 0 Å². The first-order valence-corrected chi connectivity index (χ1v) is 8.98. The number of hydrogen-bond acceptors (Lipinski definition) is 2. The van der Waals surface area contributed by atoms with Gasteiger partial charge in [0.25, 0.3) is 0 Å². The van der Waals surface area contributed by atoms with Crippen LogP contribution in [0.2, 0.25) is 0 Å². The Kier molecular flexibility index (Phi) is 6.72. The van der Waals surface area contributed by atoms with E-state index in [0.29, 0.717) is 24.7 Å². The van der Waals surface area contributed by atoms with E-state index in [1.54, 1.807) is 0 Å². The van der Waals surface area contributed by atoms with Crippen molar-refractivity contribution >= 4 is 15.9 Å². The lowest BCUT2D eigenvalue weighted by atomic mass is 9.88. The van der Waals surface area contributed by atoms with Crippen LogP contribution < -0.4 is 5.32 Å². The minimum Gasteiger partial charge on any atom is -0.373 e. The van der Waals surface area contributed by atoms with Crippen molar-refractivity contribution in [3.05, 3.63) is 33.8 Å². The molecule has 0 bridgehead atoms. The average Bonchev–Trinajstić information content (AvgIpc) is 2.45. The Bertz CT molecular complexity index is 447. The number of halogens is 1. The van der Waals surface area contributed by atoms with E-state index in [1.807, 2.05) is 0 Å². The minimum absolute atomic E-state index is 0.438. The summed E-state index contributed by atoms with van der Waals surface area (Å²) in [7, 11) is 0. The average molecular weight is 354 g/mol. The van der Waals surface area contributed by atoms with Crippen LogP contribution in [0.3, 0.4) is 0 Å². The maximum atomic E-state index is 6.15. The van der Waals surface area contributed by atoms with Crippen molar-refractivity contribution in [3.8, 4) is 0 Å². The van der Waals surface area contributed by atoms with Gasteiger partial charge in [-0.2, -0.15) is 0 Å².